The fraction of sp³-hybridized carbons (Fsp3) is 0.316. The monoisotopic (exact) mass is 293 g/mol. The van der Waals surface area contributed by atoms with Crippen LogP contribution in [0.4, 0.5) is 11.4 Å². The number of aryl methyl sites for hydroxylation is 4. The Kier molecular flexibility index (Phi) is 3.65. The van der Waals surface area contributed by atoms with Crippen LogP contribution in [0.3, 0.4) is 0 Å². The number of hydrogen-bond donors (Lipinski definition) is 0. The van der Waals surface area contributed by atoms with Gasteiger partial charge in [0.2, 0.25) is 0 Å². The van der Waals surface area contributed by atoms with Crippen molar-refractivity contribution in [2.75, 3.05) is 9.80 Å². The van der Waals surface area contributed by atoms with E-state index in [-0.39, 0.29) is 6.17 Å². The van der Waals surface area contributed by atoms with Crippen LogP contribution >= 0.6 is 0 Å². The summed E-state index contributed by atoms with van der Waals surface area (Å²) in [6.07, 6.45) is 6.45. The Labute approximate surface area is 132 Å². The summed E-state index contributed by atoms with van der Waals surface area (Å²) in [5.74, 6) is 0. The van der Waals surface area contributed by atoms with Crippen LogP contribution in [0.1, 0.15) is 29.3 Å². The van der Waals surface area contributed by atoms with E-state index in [1.807, 2.05) is 6.20 Å². The molecule has 1 aliphatic heterocycles. The van der Waals surface area contributed by atoms with Gasteiger partial charge in [0, 0.05) is 24.3 Å². The lowest BCUT2D eigenvalue weighted by Gasteiger charge is -2.33. The van der Waals surface area contributed by atoms with Crippen molar-refractivity contribution >= 4 is 11.4 Å². The molecule has 0 spiro atoms. The van der Waals surface area contributed by atoms with E-state index >= 15 is 0 Å². The third-order valence-electron chi connectivity index (χ3n) is 4.46. The zero-order chi connectivity index (χ0) is 15.9. The van der Waals surface area contributed by atoms with Gasteiger partial charge in [0.15, 0.2) is 0 Å². The van der Waals surface area contributed by atoms with Gasteiger partial charge < -0.3 is 9.80 Å². The summed E-state index contributed by atoms with van der Waals surface area (Å²) in [6.45, 7) is 10.8. The van der Waals surface area contributed by atoms with E-state index in [1.165, 1.54) is 28.1 Å². The average Bonchev–Trinajstić information content (AvgIpc) is 2.81. The summed E-state index contributed by atoms with van der Waals surface area (Å²) < 4.78 is 0. The minimum Gasteiger partial charge on any atom is -0.325 e. The highest BCUT2D eigenvalue weighted by Gasteiger charge is 2.28. The van der Waals surface area contributed by atoms with E-state index in [2.05, 4.69) is 86.1 Å². The normalized spacial score (nSPS) is 17.4. The van der Waals surface area contributed by atoms with Gasteiger partial charge in [-0.15, -0.1) is 0 Å². The van der Waals surface area contributed by atoms with Crippen LogP contribution in [0.2, 0.25) is 0 Å². The smallest absolute Gasteiger partial charge is 0.107 e. The van der Waals surface area contributed by atoms with Crippen molar-refractivity contribution in [2.24, 2.45) is 0 Å². The molecule has 1 atom stereocenters. The first-order valence-corrected chi connectivity index (χ1v) is 7.74. The number of nitrogens with zero attached hydrogens (tertiary/aromatic N) is 3. The Bertz CT molecular complexity index is 631. The molecule has 3 rings (SSSR count). The van der Waals surface area contributed by atoms with Gasteiger partial charge in [0.1, 0.15) is 6.17 Å². The fourth-order valence-corrected chi connectivity index (χ4v) is 3.34. The van der Waals surface area contributed by atoms with Gasteiger partial charge in [-0.2, -0.15) is 0 Å². The van der Waals surface area contributed by atoms with Crippen molar-refractivity contribution in [1.82, 2.24) is 4.98 Å². The predicted molar refractivity (Wildman–Crippen MR) is 93.2 cm³/mol. The minimum absolute atomic E-state index is 0.237. The van der Waals surface area contributed by atoms with Crippen LogP contribution in [0.5, 0.6) is 0 Å². The Morgan fingerprint density at radius 1 is 0.818 bits per heavy atom. The summed E-state index contributed by atoms with van der Waals surface area (Å²) in [5.41, 5.74) is 7.44. The molecule has 0 saturated carbocycles. The van der Waals surface area contributed by atoms with E-state index in [1.54, 1.807) is 0 Å². The highest BCUT2D eigenvalue weighted by atomic mass is 15.4. The second-order valence-corrected chi connectivity index (χ2v) is 6.05. The number of anilines is 2. The second kappa shape index (κ2) is 5.48. The van der Waals surface area contributed by atoms with E-state index < -0.39 is 0 Å². The van der Waals surface area contributed by atoms with Gasteiger partial charge in [-0.1, -0.05) is 18.2 Å². The molecule has 0 saturated heterocycles. The first-order chi connectivity index (χ1) is 10.5. The molecule has 114 valence electrons. The average molecular weight is 293 g/mol. The third kappa shape index (κ3) is 2.27. The molecule has 3 nitrogen and oxygen atoms in total. The minimum atomic E-state index is 0.237. The molecule has 0 amide bonds. The Morgan fingerprint density at radius 2 is 1.36 bits per heavy atom. The molecule has 0 aliphatic carbocycles. The summed E-state index contributed by atoms with van der Waals surface area (Å²) >= 11 is 0. The highest BCUT2D eigenvalue weighted by Crippen LogP contribution is 2.35. The van der Waals surface area contributed by atoms with Crippen molar-refractivity contribution in [3.63, 3.8) is 0 Å². The molecule has 0 unspecified atom stereocenters. The predicted octanol–water partition coefficient (Wildman–Crippen LogP) is 4.46. The first-order valence-electron chi connectivity index (χ1n) is 7.74. The van der Waals surface area contributed by atoms with Crippen LogP contribution in [0, 0.1) is 27.7 Å². The zero-order valence-corrected chi connectivity index (χ0v) is 14.0. The van der Waals surface area contributed by atoms with Crippen LogP contribution in [-0.2, 0) is 0 Å². The van der Waals surface area contributed by atoms with Crippen molar-refractivity contribution in [3.8, 4) is 0 Å². The molecular formula is C19H23N3. The van der Waals surface area contributed by atoms with E-state index in [4.69, 9.17) is 0 Å². The molecule has 0 N–H and O–H groups in total. The molecule has 2 heterocycles. The van der Waals surface area contributed by atoms with Crippen molar-refractivity contribution in [3.05, 3.63) is 65.2 Å². The van der Waals surface area contributed by atoms with Crippen molar-refractivity contribution < 1.29 is 0 Å². The second-order valence-electron chi connectivity index (χ2n) is 6.05. The maximum Gasteiger partial charge on any atom is 0.107 e. The summed E-state index contributed by atoms with van der Waals surface area (Å²) in [6, 6.07) is 8.54. The third-order valence-corrected chi connectivity index (χ3v) is 4.46. The lowest BCUT2D eigenvalue weighted by Crippen LogP contribution is -2.37. The number of aromatic nitrogens is 1. The molecular weight excluding hydrogens is 270 g/mol. The molecule has 2 aromatic rings. The molecule has 0 radical (unpaired) electrons. The SMILES string of the molecule is Cc1cccc(C)c1N1C=CN(c2c(C)ccnc2C)[C@@H]1C. The molecule has 0 fully saturated rings. The van der Waals surface area contributed by atoms with E-state index in [0.717, 1.165) is 5.69 Å². The fourth-order valence-electron chi connectivity index (χ4n) is 3.34. The topological polar surface area (TPSA) is 19.4 Å². The van der Waals surface area contributed by atoms with Crippen LogP contribution in [0.25, 0.3) is 0 Å². The number of benzene rings is 1. The van der Waals surface area contributed by atoms with Gasteiger partial charge in [-0.25, -0.2) is 0 Å². The van der Waals surface area contributed by atoms with E-state index in [0.29, 0.717) is 0 Å². The molecule has 3 heteroatoms. The number of hydrogen-bond acceptors (Lipinski definition) is 3. The Hall–Kier alpha value is -2.29. The van der Waals surface area contributed by atoms with Crippen LogP contribution in [-0.4, -0.2) is 11.1 Å². The highest BCUT2D eigenvalue weighted by molar-refractivity contribution is 5.68. The zero-order valence-electron chi connectivity index (χ0n) is 14.0. The van der Waals surface area contributed by atoms with E-state index in [9.17, 15) is 0 Å². The summed E-state index contributed by atoms with van der Waals surface area (Å²) in [7, 11) is 0. The molecule has 22 heavy (non-hydrogen) atoms. The molecule has 1 aromatic heterocycles. The quantitative estimate of drug-likeness (QED) is 0.815. The summed E-state index contributed by atoms with van der Waals surface area (Å²) in [4.78, 5) is 9.11. The Morgan fingerprint density at radius 3 is 1.95 bits per heavy atom. The maximum atomic E-state index is 4.46. The van der Waals surface area contributed by atoms with Gasteiger partial charge in [0.25, 0.3) is 0 Å². The van der Waals surface area contributed by atoms with Crippen LogP contribution in [0.15, 0.2) is 42.9 Å². The lowest BCUT2D eigenvalue weighted by atomic mass is 10.1. The molecule has 0 bridgehead atoms. The summed E-state index contributed by atoms with van der Waals surface area (Å²) in [5, 5.41) is 0. The van der Waals surface area contributed by atoms with Gasteiger partial charge in [0.05, 0.1) is 11.4 Å². The van der Waals surface area contributed by atoms with Gasteiger partial charge >= 0.3 is 0 Å². The first kappa shape index (κ1) is 14.6. The maximum absolute atomic E-state index is 4.46. The molecule has 1 aromatic carbocycles. The number of para-hydroxylation sites is 1. The van der Waals surface area contributed by atoms with Crippen molar-refractivity contribution in [1.29, 1.82) is 0 Å². The van der Waals surface area contributed by atoms with Crippen molar-refractivity contribution in [2.45, 2.75) is 40.8 Å². The van der Waals surface area contributed by atoms with Gasteiger partial charge in [-0.3, -0.25) is 4.98 Å². The molecule has 1 aliphatic rings. The van der Waals surface area contributed by atoms with Gasteiger partial charge in [-0.05, 0) is 57.4 Å². The largest absolute Gasteiger partial charge is 0.325 e. The number of pyridine rings is 1. The van der Waals surface area contributed by atoms with Crippen LogP contribution < -0.4 is 9.80 Å². The standard InChI is InChI=1S/C19H23N3/c1-13-7-6-8-14(2)18(13)21-11-12-22(17(21)5)19-15(3)9-10-20-16(19)4/h6-12,17H,1-5H3/t17-/m1/s1. The lowest BCUT2D eigenvalue weighted by molar-refractivity contribution is 0.741. The Balaban J connectivity index is 2.00. The number of rotatable bonds is 2.